The van der Waals surface area contributed by atoms with Crippen molar-refractivity contribution in [2.45, 2.75) is 78.4 Å². The Bertz CT molecular complexity index is 573. The number of unbranched alkanes of at least 4 members (excludes halogenated alkanes) is 4. The lowest BCUT2D eigenvalue weighted by atomic mass is 10.1. The zero-order valence-corrected chi connectivity index (χ0v) is 16.7. The average Bonchev–Trinajstić information content (AvgIpc) is 3.14. The van der Waals surface area contributed by atoms with Gasteiger partial charge in [-0.25, -0.2) is 4.99 Å². The molecular weight excluding hydrogens is 354 g/mol. The summed E-state index contributed by atoms with van der Waals surface area (Å²) in [4.78, 5) is 15.9. The zero-order valence-electron chi connectivity index (χ0n) is 16.7. The van der Waals surface area contributed by atoms with E-state index >= 15 is 0 Å². The summed E-state index contributed by atoms with van der Waals surface area (Å²) in [5, 5.41) is 0. The quantitative estimate of drug-likeness (QED) is 0.344. The first-order valence-corrected chi connectivity index (χ1v) is 10.2. The first-order valence-electron chi connectivity index (χ1n) is 10.2. The average molecular weight is 392 g/mol. The number of carbonyl (C=O) groups excluding carboxylic acids is 1. The number of rotatable bonds is 13. The third-order valence-electron chi connectivity index (χ3n) is 4.59. The van der Waals surface area contributed by atoms with Gasteiger partial charge in [0.15, 0.2) is 0 Å². The van der Waals surface area contributed by atoms with E-state index in [4.69, 9.17) is 14.2 Å². The van der Waals surface area contributed by atoms with Gasteiger partial charge >= 0.3 is 5.97 Å². The van der Waals surface area contributed by atoms with E-state index in [0.717, 1.165) is 24.8 Å². The van der Waals surface area contributed by atoms with Crippen molar-refractivity contribution in [2.75, 3.05) is 19.8 Å². The van der Waals surface area contributed by atoms with Gasteiger partial charge < -0.3 is 14.2 Å². The maximum Gasteiger partial charge on any atom is 0.302 e. The summed E-state index contributed by atoms with van der Waals surface area (Å²) in [7, 11) is 0. The zero-order chi connectivity index (χ0) is 19.3. The molecule has 5 nitrogen and oxygen atoms in total. The van der Waals surface area contributed by atoms with Gasteiger partial charge in [-0.2, -0.15) is 0 Å². The van der Waals surface area contributed by atoms with Crippen molar-refractivity contribution in [3.63, 3.8) is 0 Å². The normalized spacial score (nSPS) is 16.6. The lowest BCUT2D eigenvalue weighted by Gasteiger charge is -2.17. The molecule has 1 aliphatic heterocycles. The van der Waals surface area contributed by atoms with Gasteiger partial charge in [0.05, 0.1) is 13.2 Å². The topological polar surface area (TPSA) is 57.1 Å². The molecule has 28 heavy (non-hydrogen) atoms. The van der Waals surface area contributed by atoms with Gasteiger partial charge in [0.2, 0.25) is 5.90 Å². The van der Waals surface area contributed by atoms with Crippen molar-refractivity contribution in [1.82, 2.24) is 0 Å². The summed E-state index contributed by atoms with van der Waals surface area (Å²) in [6.45, 7) is 5.33. The Morgan fingerprint density at radius 3 is 2.64 bits per heavy atom. The highest BCUT2D eigenvalue weighted by Crippen LogP contribution is 2.14. The number of benzene rings is 1. The van der Waals surface area contributed by atoms with Gasteiger partial charge in [0.25, 0.3) is 0 Å². The van der Waals surface area contributed by atoms with Gasteiger partial charge in [0.1, 0.15) is 18.8 Å². The number of hydrogen-bond acceptors (Lipinski definition) is 5. The molecule has 1 heterocycles. The van der Waals surface area contributed by atoms with E-state index in [9.17, 15) is 4.79 Å². The van der Waals surface area contributed by atoms with Gasteiger partial charge in [-0.15, -0.1) is 0 Å². The van der Waals surface area contributed by atoms with Crippen LogP contribution in [0.4, 0.5) is 0 Å². The van der Waals surface area contributed by atoms with Crippen LogP contribution in [0.3, 0.4) is 0 Å². The van der Waals surface area contributed by atoms with Gasteiger partial charge in [0, 0.05) is 18.9 Å². The van der Waals surface area contributed by atoms with Crippen LogP contribution in [0, 0.1) is 0 Å². The highest BCUT2D eigenvalue weighted by molar-refractivity contribution is 5.95. The lowest BCUT2D eigenvalue weighted by molar-refractivity contribution is -0.147. The first kappa shape index (κ1) is 24.2. The molecule has 2 atom stereocenters. The summed E-state index contributed by atoms with van der Waals surface area (Å²) in [6, 6.07) is 9.94. The smallest absolute Gasteiger partial charge is 0.302 e. The fourth-order valence-electron chi connectivity index (χ4n) is 3.15. The van der Waals surface area contributed by atoms with Crippen LogP contribution in [-0.2, 0) is 19.0 Å². The molecule has 0 saturated heterocycles. The van der Waals surface area contributed by atoms with Crippen LogP contribution in [0.2, 0.25) is 0 Å². The number of esters is 1. The molecule has 0 N–H and O–H groups in total. The molecule has 158 valence electrons. The van der Waals surface area contributed by atoms with E-state index < -0.39 is 0 Å². The van der Waals surface area contributed by atoms with Crippen molar-refractivity contribution in [3.8, 4) is 0 Å². The predicted molar refractivity (Wildman–Crippen MR) is 114 cm³/mol. The number of carbonyl (C=O) groups is 1. The van der Waals surface area contributed by atoms with Gasteiger partial charge in [-0.1, -0.05) is 58.2 Å². The standard InChI is InChI=1S/C22H33NO4.CH4/c1-3-4-5-6-10-13-21(27-18(2)24)14-15-25-16-20-17-26-22(23-20)19-11-8-7-9-12-19;/h7-9,11-12,20-21H,3-6,10,13-17H2,1-2H3;1H4. The monoisotopic (exact) mass is 391 g/mol. The SMILES string of the molecule is C.CCCCCCCC(CCOCC1COC(c2ccccc2)=N1)OC(C)=O. The van der Waals surface area contributed by atoms with Crippen LogP contribution >= 0.6 is 0 Å². The third kappa shape index (κ3) is 9.36. The number of nitrogens with zero attached hydrogens (tertiary/aromatic N) is 1. The third-order valence-corrected chi connectivity index (χ3v) is 4.59. The minimum absolute atomic E-state index is 0. The Kier molecular flexibility index (Phi) is 12.2. The largest absolute Gasteiger partial charge is 0.475 e. The second-order valence-corrected chi connectivity index (χ2v) is 7.06. The van der Waals surface area contributed by atoms with Crippen molar-refractivity contribution in [2.24, 2.45) is 4.99 Å². The van der Waals surface area contributed by atoms with Crippen molar-refractivity contribution in [1.29, 1.82) is 0 Å². The number of aliphatic imine (C=N–C) groups is 1. The number of ether oxygens (including phenoxy) is 3. The summed E-state index contributed by atoms with van der Waals surface area (Å²) >= 11 is 0. The van der Waals surface area contributed by atoms with Crippen LogP contribution in [0.25, 0.3) is 0 Å². The highest BCUT2D eigenvalue weighted by atomic mass is 16.5. The molecule has 0 aliphatic carbocycles. The Labute approximate surface area is 170 Å². The lowest BCUT2D eigenvalue weighted by Crippen LogP contribution is -2.21. The van der Waals surface area contributed by atoms with E-state index in [0.29, 0.717) is 25.7 Å². The molecule has 2 unspecified atom stereocenters. The van der Waals surface area contributed by atoms with Crippen LogP contribution in [0.15, 0.2) is 35.3 Å². The maximum atomic E-state index is 11.3. The molecule has 0 radical (unpaired) electrons. The molecule has 1 aliphatic rings. The maximum absolute atomic E-state index is 11.3. The van der Waals surface area contributed by atoms with Crippen LogP contribution < -0.4 is 0 Å². The van der Waals surface area contributed by atoms with Crippen molar-refractivity contribution < 1.29 is 19.0 Å². The highest BCUT2D eigenvalue weighted by Gasteiger charge is 2.20. The number of hydrogen-bond donors (Lipinski definition) is 0. The second kappa shape index (κ2) is 14.2. The molecule has 1 aromatic rings. The summed E-state index contributed by atoms with van der Waals surface area (Å²) in [6.07, 6.45) is 7.65. The molecule has 1 aromatic carbocycles. The fourth-order valence-corrected chi connectivity index (χ4v) is 3.15. The molecule has 0 bridgehead atoms. The van der Waals surface area contributed by atoms with E-state index in [-0.39, 0.29) is 25.5 Å². The Morgan fingerprint density at radius 2 is 1.93 bits per heavy atom. The summed E-state index contributed by atoms with van der Waals surface area (Å²) in [5.74, 6) is 0.476. The van der Waals surface area contributed by atoms with Crippen LogP contribution in [0.1, 0.15) is 71.8 Å². The van der Waals surface area contributed by atoms with Crippen molar-refractivity contribution >= 4 is 11.9 Å². The first-order chi connectivity index (χ1) is 13.2. The van der Waals surface area contributed by atoms with E-state index in [2.05, 4.69) is 11.9 Å². The fraction of sp³-hybridized carbons (Fsp3) is 0.652. The van der Waals surface area contributed by atoms with E-state index in [1.807, 2.05) is 30.3 Å². The van der Waals surface area contributed by atoms with Crippen LogP contribution in [0.5, 0.6) is 0 Å². The Morgan fingerprint density at radius 1 is 1.18 bits per heavy atom. The van der Waals surface area contributed by atoms with Gasteiger partial charge in [-0.3, -0.25) is 4.79 Å². The molecule has 0 amide bonds. The minimum Gasteiger partial charge on any atom is -0.475 e. The molecule has 0 fully saturated rings. The molecular formula is C23H37NO4. The molecule has 0 spiro atoms. The van der Waals surface area contributed by atoms with Crippen LogP contribution in [-0.4, -0.2) is 43.8 Å². The van der Waals surface area contributed by atoms with Crippen molar-refractivity contribution in [3.05, 3.63) is 35.9 Å². The minimum atomic E-state index is -0.213. The summed E-state index contributed by atoms with van der Waals surface area (Å²) < 4.78 is 16.9. The second-order valence-electron chi connectivity index (χ2n) is 7.06. The molecule has 0 aromatic heterocycles. The molecule has 2 rings (SSSR count). The molecule has 5 heteroatoms. The molecule has 0 saturated carbocycles. The van der Waals surface area contributed by atoms with Gasteiger partial charge in [-0.05, 0) is 25.0 Å². The summed E-state index contributed by atoms with van der Waals surface area (Å²) in [5.41, 5.74) is 0.998. The Balaban J connectivity index is 0.00000392. The Hall–Kier alpha value is -1.88. The van der Waals surface area contributed by atoms with E-state index in [1.54, 1.807) is 0 Å². The van der Waals surface area contributed by atoms with E-state index in [1.165, 1.54) is 32.6 Å². The predicted octanol–water partition coefficient (Wildman–Crippen LogP) is 5.17.